The third-order valence-electron chi connectivity index (χ3n) is 6.34. The number of para-hydroxylation sites is 1. The summed E-state index contributed by atoms with van der Waals surface area (Å²) in [4.78, 5) is 17.5. The maximum atomic E-state index is 12.9. The summed E-state index contributed by atoms with van der Waals surface area (Å²) in [6, 6.07) is 8.20. The Morgan fingerprint density at radius 2 is 2.09 bits per heavy atom. The van der Waals surface area contributed by atoms with Gasteiger partial charge in [0.05, 0.1) is 16.8 Å². The average Bonchev–Trinajstić information content (AvgIpc) is 3.37. The predicted molar refractivity (Wildman–Crippen MR) is 135 cm³/mol. The highest BCUT2D eigenvalue weighted by molar-refractivity contribution is 7.22. The molecule has 5 rings (SSSR count). The van der Waals surface area contributed by atoms with E-state index in [0.29, 0.717) is 11.7 Å². The number of thiazole rings is 1. The van der Waals surface area contributed by atoms with Crippen molar-refractivity contribution in [3.63, 3.8) is 0 Å². The maximum absolute atomic E-state index is 12.9. The predicted octanol–water partition coefficient (Wildman–Crippen LogP) is 6.98. The minimum atomic E-state index is -0.196. The second-order valence-corrected chi connectivity index (χ2v) is 9.69. The number of hydrogen-bond donors (Lipinski definition) is 1. The van der Waals surface area contributed by atoms with Gasteiger partial charge in [-0.15, -0.1) is 0 Å². The molecule has 0 atom stereocenters. The number of carbonyl (C=O) groups is 1. The molecule has 0 bridgehead atoms. The third-order valence-corrected chi connectivity index (χ3v) is 7.27. The first-order valence-electron chi connectivity index (χ1n) is 11.5. The van der Waals surface area contributed by atoms with Gasteiger partial charge in [0, 0.05) is 34.6 Å². The minimum Gasteiger partial charge on any atom is -0.493 e. The zero-order valence-corrected chi connectivity index (χ0v) is 20.3. The van der Waals surface area contributed by atoms with E-state index in [0.717, 1.165) is 67.8 Å². The number of ether oxygens (including phenoxy) is 1. The molecule has 2 aromatic heterocycles. The lowest BCUT2D eigenvalue weighted by atomic mass is 9.93. The molecule has 5 nitrogen and oxygen atoms in total. The summed E-state index contributed by atoms with van der Waals surface area (Å²) in [6.07, 6.45) is 6.01. The Hall–Kier alpha value is -3.12. The summed E-state index contributed by atoms with van der Waals surface area (Å²) in [5.41, 5.74) is 7.04. The van der Waals surface area contributed by atoms with Gasteiger partial charge in [0.15, 0.2) is 5.13 Å². The van der Waals surface area contributed by atoms with E-state index >= 15 is 0 Å². The molecule has 1 amide bonds. The number of aryl methyl sites for hydroxylation is 4. The molecule has 1 aliphatic carbocycles. The number of aromatic nitrogens is 1. The van der Waals surface area contributed by atoms with Crippen LogP contribution in [0.3, 0.4) is 0 Å². The number of allylic oxidation sites excluding steroid dienone is 1. The van der Waals surface area contributed by atoms with E-state index < -0.39 is 0 Å². The molecular formula is C27H28N2O3S. The van der Waals surface area contributed by atoms with Crippen molar-refractivity contribution in [1.82, 2.24) is 4.98 Å². The Kier molecular flexibility index (Phi) is 5.71. The fourth-order valence-corrected chi connectivity index (χ4v) is 5.66. The van der Waals surface area contributed by atoms with Gasteiger partial charge in [0.25, 0.3) is 0 Å². The largest absolute Gasteiger partial charge is 0.493 e. The van der Waals surface area contributed by atoms with Crippen LogP contribution in [0.25, 0.3) is 26.8 Å². The number of hydrogen-bond acceptors (Lipinski definition) is 5. The number of nitrogens with zero attached hydrogens (tertiary/aromatic N) is 1. The van der Waals surface area contributed by atoms with E-state index in [9.17, 15) is 4.79 Å². The molecule has 1 aliphatic rings. The van der Waals surface area contributed by atoms with Crippen LogP contribution in [0, 0.1) is 13.8 Å². The summed E-state index contributed by atoms with van der Waals surface area (Å²) in [7, 11) is 0. The second kappa shape index (κ2) is 8.67. The van der Waals surface area contributed by atoms with Crippen LogP contribution < -0.4 is 10.1 Å². The molecule has 1 N–H and O–H groups in total. The summed E-state index contributed by atoms with van der Waals surface area (Å²) < 4.78 is 13.4. The van der Waals surface area contributed by atoms with Crippen molar-refractivity contribution in [1.29, 1.82) is 0 Å². The molecule has 170 valence electrons. The standard InChI is InChI=1S/C27H28N2O3S/c1-5-31-25-17(4)26-20(18-10-6-7-11-21(18)32-26)14-19(25)16(3)13-23(30)28-27-29-24-15(2)9-8-12-22(24)33-27/h8-9,12-14H,5-7,10-11H2,1-4H3,(H,28,29,30)/b16-13+. The summed E-state index contributed by atoms with van der Waals surface area (Å²) >= 11 is 1.49. The summed E-state index contributed by atoms with van der Waals surface area (Å²) in [5, 5.41) is 4.69. The van der Waals surface area contributed by atoms with Crippen molar-refractivity contribution in [3.05, 3.63) is 58.4 Å². The van der Waals surface area contributed by atoms with Crippen LogP contribution >= 0.6 is 11.3 Å². The highest BCUT2D eigenvalue weighted by Gasteiger charge is 2.23. The summed E-state index contributed by atoms with van der Waals surface area (Å²) in [5.74, 6) is 1.69. The van der Waals surface area contributed by atoms with Crippen molar-refractivity contribution >= 4 is 49.1 Å². The van der Waals surface area contributed by atoms with Crippen molar-refractivity contribution in [2.24, 2.45) is 0 Å². The van der Waals surface area contributed by atoms with Gasteiger partial charge < -0.3 is 9.15 Å². The molecule has 0 aliphatic heterocycles. The van der Waals surface area contributed by atoms with Crippen molar-refractivity contribution in [3.8, 4) is 5.75 Å². The number of anilines is 1. The van der Waals surface area contributed by atoms with E-state index in [-0.39, 0.29) is 5.91 Å². The maximum Gasteiger partial charge on any atom is 0.250 e. The van der Waals surface area contributed by atoms with Crippen molar-refractivity contribution in [2.75, 3.05) is 11.9 Å². The van der Waals surface area contributed by atoms with E-state index in [1.165, 1.54) is 29.7 Å². The van der Waals surface area contributed by atoms with Crippen molar-refractivity contribution < 1.29 is 13.9 Å². The second-order valence-electron chi connectivity index (χ2n) is 8.66. The van der Waals surface area contributed by atoms with Gasteiger partial charge in [0.2, 0.25) is 5.91 Å². The smallest absolute Gasteiger partial charge is 0.250 e. The third kappa shape index (κ3) is 3.93. The average molecular weight is 461 g/mol. The molecule has 0 saturated carbocycles. The molecule has 4 aromatic rings. The van der Waals surface area contributed by atoms with E-state index in [4.69, 9.17) is 9.15 Å². The Morgan fingerprint density at radius 3 is 2.88 bits per heavy atom. The van der Waals surface area contributed by atoms with Crippen LogP contribution in [0.1, 0.15) is 54.7 Å². The minimum absolute atomic E-state index is 0.196. The number of amides is 1. The summed E-state index contributed by atoms with van der Waals surface area (Å²) in [6.45, 7) is 8.55. The van der Waals surface area contributed by atoms with Crippen LogP contribution in [0.2, 0.25) is 0 Å². The van der Waals surface area contributed by atoms with Crippen LogP contribution in [0.15, 0.2) is 34.8 Å². The van der Waals surface area contributed by atoms with E-state index in [2.05, 4.69) is 16.4 Å². The lowest BCUT2D eigenvalue weighted by Gasteiger charge is -2.15. The van der Waals surface area contributed by atoms with Gasteiger partial charge in [0.1, 0.15) is 17.1 Å². The zero-order valence-electron chi connectivity index (χ0n) is 19.5. The highest BCUT2D eigenvalue weighted by atomic mass is 32.1. The molecule has 6 heteroatoms. The number of furan rings is 1. The fraction of sp³-hybridized carbons (Fsp3) is 0.333. The number of benzene rings is 2. The lowest BCUT2D eigenvalue weighted by Crippen LogP contribution is -2.08. The van der Waals surface area contributed by atoms with Gasteiger partial charge in [-0.25, -0.2) is 4.98 Å². The molecule has 2 aromatic carbocycles. The molecule has 33 heavy (non-hydrogen) atoms. The number of nitrogens with one attached hydrogen (secondary N) is 1. The fourth-order valence-electron chi connectivity index (χ4n) is 4.72. The normalized spacial score (nSPS) is 14.0. The molecular weight excluding hydrogens is 432 g/mol. The Balaban J connectivity index is 1.51. The SMILES string of the molecule is CCOc1c(/C(C)=C/C(=O)Nc2nc3c(C)cccc3s2)cc2c3c(oc2c1C)CCCC3. The first kappa shape index (κ1) is 21.7. The molecule has 0 unspecified atom stereocenters. The Labute approximate surface area is 197 Å². The molecule has 0 saturated heterocycles. The van der Waals surface area contributed by atoms with Crippen LogP contribution in [-0.2, 0) is 17.6 Å². The van der Waals surface area contributed by atoms with Gasteiger partial charge >= 0.3 is 0 Å². The van der Waals surface area contributed by atoms with Gasteiger partial charge in [-0.1, -0.05) is 23.5 Å². The molecule has 0 radical (unpaired) electrons. The quantitative estimate of drug-likeness (QED) is 0.326. The first-order chi connectivity index (χ1) is 16.0. The van der Waals surface area contributed by atoms with E-state index in [1.54, 1.807) is 6.08 Å². The lowest BCUT2D eigenvalue weighted by molar-refractivity contribution is -0.111. The van der Waals surface area contributed by atoms with E-state index in [1.807, 2.05) is 45.9 Å². The van der Waals surface area contributed by atoms with Crippen LogP contribution in [0.5, 0.6) is 5.75 Å². The Morgan fingerprint density at radius 1 is 1.27 bits per heavy atom. The first-order valence-corrected chi connectivity index (χ1v) is 12.3. The highest BCUT2D eigenvalue weighted by Crippen LogP contribution is 2.41. The van der Waals surface area contributed by atoms with Crippen LogP contribution in [-0.4, -0.2) is 17.5 Å². The topological polar surface area (TPSA) is 64.4 Å². The molecule has 0 fully saturated rings. The molecule has 0 spiro atoms. The zero-order chi connectivity index (χ0) is 23.1. The van der Waals surface area contributed by atoms with Gasteiger partial charge in [-0.3, -0.25) is 10.1 Å². The van der Waals surface area contributed by atoms with Gasteiger partial charge in [-0.05, 0) is 70.2 Å². The monoisotopic (exact) mass is 460 g/mol. The van der Waals surface area contributed by atoms with Crippen molar-refractivity contribution in [2.45, 2.75) is 53.4 Å². The molecule has 2 heterocycles. The number of rotatable bonds is 5. The number of fused-ring (bicyclic) bond motifs is 4. The van der Waals surface area contributed by atoms with Crippen LogP contribution in [0.4, 0.5) is 5.13 Å². The van der Waals surface area contributed by atoms with Gasteiger partial charge in [-0.2, -0.15) is 0 Å². The Bertz CT molecular complexity index is 1410. The number of carbonyl (C=O) groups excluding carboxylic acids is 1.